The second-order valence-electron chi connectivity index (χ2n) is 40.0. The Morgan fingerprint density at radius 2 is 0.700 bits per heavy atom. The number of hydrogen-bond acceptors (Lipinski definition) is 16. The summed E-state index contributed by atoms with van der Waals surface area (Å²) in [6, 6.07) is 39.2. The van der Waals surface area contributed by atoms with Gasteiger partial charge in [-0.3, -0.25) is 29.4 Å². The van der Waals surface area contributed by atoms with Crippen molar-refractivity contribution in [3.05, 3.63) is 267 Å². The van der Waals surface area contributed by atoms with Crippen LogP contribution in [0.15, 0.2) is 145 Å². The van der Waals surface area contributed by atoms with E-state index in [1.807, 2.05) is 238 Å². The Hall–Kier alpha value is -10.1. The number of fused-ring (bicyclic) bond motifs is 4. The highest BCUT2D eigenvalue weighted by Gasteiger charge is 2.45. The van der Waals surface area contributed by atoms with Gasteiger partial charge < -0.3 is 41.6 Å². The van der Waals surface area contributed by atoms with Gasteiger partial charge in [0.2, 0.25) is 0 Å². The SMILES string of the molecule is CC(=O)[C@@H](OC(C)(C)C)c1c(C)nc2c(c(C)c(C)n2CC2(C#N)CC2)c1-c1ccc(Cl)cc1.CC(=O)[C@@H](OC(C)(C)C)c1c(C)nc2c(c(C)c(C)n2Cc2ccco2)c1-c1ccc(Cl)cc1.CC(=O)[C@@H](OC(C)(C)C)c1c(C)nc2c(c(C)c(C)n2Cc2ccn[nH]2)c1-c1ccc(Cl)cc1.CC(=O)[C@@H](OC(C)(C)C)c1c(C)nc2c(c(C)c(C)n2Cc2cn[nH]c2)c1-c1ccc(Cl)cc1.S.S.S.S. The van der Waals surface area contributed by atoms with Crippen molar-refractivity contribution in [3.63, 3.8) is 0 Å². The summed E-state index contributed by atoms with van der Waals surface area (Å²) >= 11 is 24.9. The third kappa shape index (κ3) is 24.9. The van der Waals surface area contributed by atoms with Gasteiger partial charge in [-0.25, -0.2) is 19.9 Å². The number of furan rings is 1. The lowest BCUT2D eigenvalue weighted by atomic mass is 9.90. The number of ketones is 4. The predicted octanol–water partition coefficient (Wildman–Crippen LogP) is 27.8. The van der Waals surface area contributed by atoms with Crippen molar-refractivity contribution < 1.29 is 42.5 Å². The maximum absolute atomic E-state index is 12.9. The number of H-pyrrole nitrogens is 2. The van der Waals surface area contributed by atoms with Crippen LogP contribution in [-0.4, -0.2) is 104 Å². The molecule has 15 aromatic rings. The van der Waals surface area contributed by atoms with Crippen LogP contribution in [0.4, 0.5) is 0 Å². The number of aryl methyl sites for hydroxylation is 8. The molecular formula is C110H133Cl4N13O9S4. The number of benzene rings is 4. The highest BCUT2D eigenvalue weighted by Crippen LogP contribution is 2.52. The van der Waals surface area contributed by atoms with Crippen molar-refractivity contribution in [1.82, 2.24) is 58.6 Å². The van der Waals surface area contributed by atoms with Crippen LogP contribution in [0.2, 0.25) is 20.1 Å². The van der Waals surface area contributed by atoms with E-state index >= 15 is 0 Å². The molecule has 1 aliphatic rings. The van der Waals surface area contributed by atoms with Crippen molar-refractivity contribution in [2.45, 2.75) is 280 Å². The van der Waals surface area contributed by atoms with Gasteiger partial charge in [0.15, 0.2) is 23.1 Å². The molecule has 4 aromatic carbocycles. The maximum atomic E-state index is 12.9. The van der Waals surface area contributed by atoms with Crippen LogP contribution in [0.1, 0.15) is 255 Å². The standard InChI is InChI=1S/C28H32ClN3O2.C28H31ClN2O3.2C27H31ClN4O2.4H2S/c1-16-18(3)32(15-28(14-30)12-13-28)26-22(16)24(20-8-10-21(29)11-9-20)23(17(2)31-26)25(19(4)33)34-27(5,6)7;1-16-18(3)31(15-22-9-8-14-33-22)27-23(16)25(20-10-12-21(29)13-11-20)24(17(2)30-27)26(19(4)32)34-28(5,6)7;1-15-17(3)32(14-19-12-29-30-13-19)26-22(15)24(20-8-10-21(28)11-9-20)23(16(2)31-26)25(18(4)33)34-27(5,6)7;1-15-17(3)32(14-21-12-13-29-31-21)26-22(15)24(19-8-10-20(28)11-9-19)23(16(2)30-26)25(18(4)33)34-27(5,6)7;;;;/h8-11,25H,12-13,15H2,1-7H3;8-14,26H,15H2,1-7H3;8-13,25H,14H2,1-7H3,(H,29,30);8-13,25H,14H2,1-7H3,(H,29,31);4*1H2/t25-;26-;2*25-;;;;/m1111..../s1. The summed E-state index contributed by atoms with van der Waals surface area (Å²) in [5.74, 6) is 0.625. The Morgan fingerprint density at radius 3 is 0.943 bits per heavy atom. The number of nitrogens with one attached hydrogen (secondary N) is 2. The van der Waals surface area contributed by atoms with Crippen molar-refractivity contribution in [2.75, 3.05) is 0 Å². The molecule has 0 aliphatic heterocycles. The lowest BCUT2D eigenvalue weighted by Gasteiger charge is -2.29. The fraction of sp³-hybridized carbons (Fsp3) is 0.391. The molecule has 16 rings (SSSR count). The number of halogens is 4. The molecule has 0 amide bonds. The topological polar surface area (TPSA) is 271 Å². The number of nitriles is 1. The van der Waals surface area contributed by atoms with Crippen LogP contribution >= 0.6 is 100 Å². The first-order valence-corrected chi connectivity index (χ1v) is 47.5. The molecule has 4 atom stereocenters. The molecule has 1 fully saturated rings. The molecule has 140 heavy (non-hydrogen) atoms. The van der Waals surface area contributed by atoms with Gasteiger partial charge in [0.1, 0.15) is 52.8 Å². The molecule has 0 spiro atoms. The summed E-state index contributed by atoms with van der Waals surface area (Å²) in [6.07, 6.45) is 6.01. The Labute approximate surface area is 870 Å². The zero-order chi connectivity index (χ0) is 99.4. The number of Topliss-reactive ketones (excluding diaryl/α,β-unsaturated/α-hetero) is 4. The van der Waals surface area contributed by atoms with E-state index in [9.17, 15) is 24.4 Å². The third-order valence-corrected chi connectivity index (χ3v) is 26.1. The van der Waals surface area contributed by atoms with E-state index in [2.05, 4.69) is 100 Å². The second kappa shape index (κ2) is 45.2. The van der Waals surface area contributed by atoms with Crippen LogP contribution < -0.4 is 0 Å². The van der Waals surface area contributed by atoms with Crippen LogP contribution in [0.25, 0.3) is 88.6 Å². The summed E-state index contributed by atoms with van der Waals surface area (Å²) < 4.78 is 39.7. The molecule has 11 heterocycles. The molecule has 11 aromatic heterocycles. The van der Waals surface area contributed by atoms with E-state index in [0.717, 1.165) is 209 Å². The van der Waals surface area contributed by atoms with Gasteiger partial charge >= 0.3 is 0 Å². The number of aromatic nitrogens is 12. The van der Waals surface area contributed by atoms with Gasteiger partial charge in [0.25, 0.3) is 0 Å². The molecule has 0 bridgehead atoms. The minimum atomic E-state index is -0.750. The van der Waals surface area contributed by atoms with Gasteiger partial charge in [0.05, 0.1) is 71.7 Å². The number of ether oxygens (including phenoxy) is 4. The lowest BCUT2D eigenvalue weighted by Crippen LogP contribution is -2.27. The molecule has 0 unspecified atom stereocenters. The first-order chi connectivity index (χ1) is 63.8. The summed E-state index contributed by atoms with van der Waals surface area (Å²) in [5.41, 5.74) is 26.0. The molecule has 744 valence electrons. The van der Waals surface area contributed by atoms with Crippen LogP contribution in [-0.2, 0) is 64.3 Å². The molecule has 30 heteroatoms. The summed E-state index contributed by atoms with van der Waals surface area (Å²) in [7, 11) is 0. The number of carbonyl (C=O) groups is 4. The summed E-state index contributed by atoms with van der Waals surface area (Å²) in [4.78, 5) is 71.9. The Bertz CT molecular complexity index is 6570. The van der Waals surface area contributed by atoms with E-state index in [1.54, 1.807) is 40.2 Å². The predicted molar refractivity (Wildman–Crippen MR) is 587 cm³/mol. The second-order valence-corrected chi connectivity index (χ2v) is 41.7. The van der Waals surface area contributed by atoms with Crippen LogP contribution in [0, 0.1) is 99.8 Å². The van der Waals surface area contributed by atoms with Crippen molar-refractivity contribution >= 4 is 168 Å². The van der Waals surface area contributed by atoms with E-state index in [0.29, 0.717) is 46.3 Å². The first kappa shape index (κ1) is 114. The highest BCUT2D eigenvalue weighted by atomic mass is 35.5. The van der Waals surface area contributed by atoms with E-state index in [4.69, 9.17) is 89.7 Å². The zero-order valence-electron chi connectivity index (χ0n) is 85.4. The van der Waals surface area contributed by atoms with E-state index in [-0.39, 0.29) is 82.5 Å². The smallest absolute Gasteiger partial charge is 0.163 e. The zero-order valence-corrected chi connectivity index (χ0v) is 92.5. The normalized spacial score (nSPS) is 13.3. The van der Waals surface area contributed by atoms with Gasteiger partial charge in [-0.2, -0.15) is 69.4 Å². The average molecular weight is 2050 g/mol. The van der Waals surface area contributed by atoms with Gasteiger partial charge in [-0.1, -0.05) is 94.9 Å². The highest BCUT2D eigenvalue weighted by molar-refractivity contribution is 7.59. The quantitative estimate of drug-likeness (QED) is 0.0569. The molecule has 0 saturated heterocycles. The number of aromatic amines is 2. The van der Waals surface area contributed by atoms with Gasteiger partial charge in [-0.05, 0) is 318 Å². The fourth-order valence-corrected chi connectivity index (χ4v) is 18.6. The molecule has 1 saturated carbocycles. The number of rotatable bonds is 24. The first-order valence-electron chi connectivity index (χ1n) is 46.0. The lowest BCUT2D eigenvalue weighted by molar-refractivity contribution is -0.139. The number of pyridine rings is 4. The Kier molecular flexibility index (Phi) is 36.7. The van der Waals surface area contributed by atoms with E-state index in [1.165, 1.54) is 0 Å². The molecular weight excluding hydrogens is 1920 g/mol. The van der Waals surface area contributed by atoms with Crippen LogP contribution in [0.3, 0.4) is 0 Å². The maximum Gasteiger partial charge on any atom is 0.163 e. The Balaban J connectivity index is 0.000000207. The monoisotopic (exact) mass is 2050 g/mol. The van der Waals surface area contributed by atoms with E-state index < -0.39 is 46.8 Å². The number of hydrogen-bond donors (Lipinski definition) is 2. The average Bonchev–Trinajstić information content (AvgIpc) is 1.53. The minimum absolute atomic E-state index is 0. The van der Waals surface area contributed by atoms with Crippen molar-refractivity contribution in [1.29, 1.82) is 5.26 Å². The fourth-order valence-electron chi connectivity index (χ4n) is 18.1. The Morgan fingerprint density at radius 1 is 0.414 bits per heavy atom. The third-order valence-electron chi connectivity index (χ3n) is 25.1. The number of nitrogens with zero attached hydrogens (tertiary/aromatic N) is 11. The summed E-state index contributed by atoms with van der Waals surface area (Å²) in [5, 5.41) is 30.5. The molecule has 22 nitrogen and oxygen atoms in total. The molecule has 1 aliphatic carbocycles. The van der Waals surface area contributed by atoms with Gasteiger partial charge in [-0.15, -0.1) is 0 Å². The molecule has 0 radical (unpaired) electrons. The van der Waals surface area contributed by atoms with Gasteiger partial charge in [0, 0.05) is 156 Å². The van der Waals surface area contributed by atoms with Crippen molar-refractivity contribution in [2.24, 2.45) is 5.41 Å². The van der Waals surface area contributed by atoms with Crippen LogP contribution in [0.5, 0.6) is 0 Å². The number of carbonyl (C=O) groups excluding carboxylic acids is 4. The summed E-state index contributed by atoms with van der Waals surface area (Å²) in [6.45, 7) is 56.8. The van der Waals surface area contributed by atoms with Crippen molar-refractivity contribution in [3.8, 4) is 50.6 Å². The minimum Gasteiger partial charge on any atom is -0.467 e. The largest absolute Gasteiger partial charge is 0.467 e. The molecule has 2 N–H and O–H groups in total.